The van der Waals surface area contributed by atoms with Gasteiger partial charge in [0.05, 0.1) is 0 Å². The highest BCUT2D eigenvalue weighted by molar-refractivity contribution is 5.79. The molecule has 1 atom stereocenters. The molecule has 0 aromatic heterocycles. The lowest BCUT2D eigenvalue weighted by Gasteiger charge is -2.23. The molecule has 1 unspecified atom stereocenters. The molecule has 1 saturated heterocycles. The van der Waals surface area contributed by atoms with Crippen LogP contribution in [0.5, 0.6) is 0 Å². The quantitative estimate of drug-likeness (QED) is 0.858. The SMILES string of the molecule is O=C1CCN(C(=O)CCCc2ccccc2)CCCC(CO)CCN1. The van der Waals surface area contributed by atoms with Crippen molar-refractivity contribution in [2.45, 2.75) is 44.9 Å². The van der Waals surface area contributed by atoms with Gasteiger partial charge in [0, 0.05) is 39.1 Å². The molecule has 2 rings (SSSR count). The van der Waals surface area contributed by atoms with Gasteiger partial charge in [-0.1, -0.05) is 30.3 Å². The van der Waals surface area contributed by atoms with E-state index in [4.69, 9.17) is 0 Å². The molecule has 25 heavy (non-hydrogen) atoms. The van der Waals surface area contributed by atoms with Crippen molar-refractivity contribution in [3.8, 4) is 0 Å². The van der Waals surface area contributed by atoms with Gasteiger partial charge >= 0.3 is 0 Å². The number of aryl methyl sites for hydroxylation is 1. The molecule has 0 radical (unpaired) electrons. The number of nitrogens with zero attached hydrogens (tertiary/aromatic N) is 1. The zero-order valence-corrected chi connectivity index (χ0v) is 15.0. The van der Waals surface area contributed by atoms with Crippen LogP contribution in [0.3, 0.4) is 0 Å². The number of benzene rings is 1. The maximum absolute atomic E-state index is 12.5. The highest BCUT2D eigenvalue weighted by Crippen LogP contribution is 2.13. The standard InChI is InChI=1S/C20H30N2O3/c23-16-18-9-5-14-22(15-12-19(24)21-13-11-18)20(25)10-4-8-17-6-2-1-3-7-17/h1-3,6-7,18,23H,4-5,8-16H2,(H,21,24). The fourth-order valence-corrected chi connectivity index (χ4v) is 3.25. The Kier molecular flexibility index (Phi) is 8.46. The average Bonchev–Trinajstić information content (AvgIpc) is 2.67. The van der Waals surface area contributed by atoms with Crippen LogP contribution in [-0.4, -0.2) is 48.1 Å². The minimum absolute atomic E-state index is 0.0133. The number of hydrogen-bond donors (Lipinski definition) is 2. The highest BCUT2D eigenvalue weighted by Gasteiger charge is 2.17. The van der Waals surface area contributed by atoms with Gasteiger partial charge in [0.2, 0.25) is 11.8 Å². The summed E-state index contributed by atoms with van der Waals surface area (Å²) in [6, 6.07) is 10.2. The monoisotopic (exact) mass is 346 g/mol. The van der Waals surface area contributed by atoms with E-state index in [0.717, 1.165) is 32.1 Å². The first-order chi connectivity index (χ1) is 12.2. The molecular weight excluding hydrogens is 316 g/mol. The molecule has 1 fully saturated rings. The van der Waals surface area contributed by atoms with E-state index in [1.54, 1.807) is 0 Å². The van der Waals surface area contributed by atoms with E-state index in [1.807, 2.05) is 23.1 Å². The van der Waals surface area contributed by atoms with Crippen molar-refractivity contribution >= 4 is 11.8 Å². The minimum atomic E-state index is -0.0133. The van der Waals surface area contributed by atoms with Gasteiger partial charge in [-0.2, -0.15) is 0 Å². The van der Waals surface area contributed by atoms with Gasteiger partial charge in [-0.15, -0.1) is 0 Å². The van der Waals surface area contributed by atoms with E-state index < -0.39 is 0 Å². The van der Waals surface area contributed by atoms with Crippen molar-refractivity contribution in [2.75, 3.05) is 26.2 Å². The van der Waals surface area contributed by atoms with Crippen molar-refractivity contribution < 1.29 is 14.7 Å². The van der Waals surface area contributed by atoms with Crippen LogP contribution in [0.4, 0.5) is 0 Å². The summed E-state index contributed by atoms with van der Waals surface area (Å²) in [5.41, 5.74) is 1.25. The number of rotatable bonds is 5. The Bertz CT molecular complexity index is 533. The number of carbonyl (C=O) groups excluding carboxylic acids is 2. The molecule has 0 saturated carbocycles. The van der Waals surface area contributed by atoms with Crippen molar-refractivity contribution in [3.05, 3.63) is 35.9 Å². The molecular formula is C20H30N2O3. The molecule has 5 heteroatoms. The predicted molar refractivity (Wildman–Crippen MR) is 98.0 cm³/mol. The molecule has 1 aliphatic rings. The van der Waals surface area contributed by atoms with E-state index in [1.165, 1.54) is 5.56 Å². The van der Waals surface area contributed by atoms with Gasteiger partial charge in [0.1, 0.15) is 0 Å². The van der Waals surface area contributed by atoms with Gasteiger partial charge in [-0.25, -0.2) is 0 Å². The Hall–Kier alpha value is -1.88. The van der Waals surface area contributed by atoms with Crippen LogP contribution in [-0.2, 0) is 16.0 Å². The molecule has 1 heterocycles. The van der Waals surface area contributed by atoms with Gasteiger partial charge in [-0.3, -0.25) is 9.59 Å². The Morgan fingerprint density at radius 3 is 2.76 bits per heavy atom. The first-order valence-corrected chi connectivity index (χ1v) is 9.38. The topological polar surface area (TPSA) is 69.6 Å². The summed E-state index contributed by atoms with van der Waals surface area (Å²) < 4.78 is 0. The van der Waals surface area contributed by atoms with Gasteiger partial charge in [-0.05, 0) is 43.6 Å². The molecule has 138 valence electrons. The van der Waals surface area contributed by atoms with Crippen LogP contribution in [0.2, 0.25) is 0 Å². The summed E-state index contributed by atoms with van der Waals surface area (Å²) in [5, 5.41) is 12.3. The summed E-state index contributed by atoms with van der Waals surface area (Å²) in [7, 11) is 0. The van der Waals surface area contributed by atoms with Crippen LogP contribution in [0, 0.1) is 5.92 Å². The van der Waals surface area contributed by atoms with Crippen LogP contribution < -0.4 is 5.32 Å². The second-order valence-electron chi connectivity index (χ2n) is 6.80. The zero-order chi connectivity index (χ0) is 17.9. The fourth-order valence-electron chi connectivity index (χ4n) is 3.25. The Labute approximate surface area is 150 Å². The molecule has 1 aliphatic heterocycles. The summed E-state index contributed by atoms with van der Waals surface area (Å²) >= 11 is 0. The first-order valence-electron chi connectivity index (χ1n) is 9.38. The third-order valence-corrected chi connectivity index (χ3v) is 4.83. The predicted octanol–water partition coefficient (Wildman–Crippen LogP) is 2.14. The minimum Gasteiger partial charge on any atom is -0.396 e. The average molecular weight is 346 g/mol. The number of carbonyl (C=O) groups is 2. The number of nitrogens with one attached hydrogen (secondary N) is 1. The molecule has 0 spiro atoms. The third-order valence-electron chi connectivity index (χ3n) is 4.83. The molecule has 1 aromatic carbocycles. The van der Waals surface area contributed by atoms with Crippen LogP contribution in [0.25, 0.3) is 0 Å². The van der Waals surface area contributed by atoms with E-state index in [-0.39, 0.29) is 24.3 Å². The number of hydrogen-bond acceptors (Lipinski definition) is 3. The summed E-state index contributed by atoms with van der Waals surface area (Å²) in [6.07, 6.45) is 5.16. The summed E-state index contributed by atoms with van der Waals surface area (Å²) in [4.78, 5) is 26.2. The zero-order valence-electron chi connectivity index (χ0n) is 15.0. The van der Waals surface area contributed by atoms with Gasteiger partial charge in [0.15, 0.2) is 0 Å². The van der Waals surface area contributed by atoms with E-state index in [2.05, 4.69) is 17.4 Å². The smallest absolute Gasteiger partial charge is 0.222 e. The summed E-state index contributed by atoms with van der Waals surface area (Å²) in [6.45, 7) is 1.91. The van der Waals surface area contributed by atoms with E-state index >= 15 is 0 Å². The van der Waals surface area contributed by atoms with E-state index in [0.29, 0.717) is 32.5 Å². The second kappa shape index (κ2) is 10.9. The molecule has 2 N–H and O–H groups in total. The molecule has 1 aromatic rings. The maximum Gasteiger partial charge on any atom is 0.222 e. The summed E-state index contributed by atoms with van der Waals surface area (Å²) in [5.74, 6) is 0.317. The van der Waals surface area contributed by atoms with E-state index in [9.17, 15) is 14.7 Å². The van der Waals surface area contributed by atoms with Gasteiger partial charge < -0.3 is 15.3 Å². The van der Waals surface area contributed by atoms with Crippen LogP contribution >= 0.6 is 0 Å². The van der Waals surface area contributed by atoms with Crippen LogP contribution in [0.1, 0.15) is 44.1 Å². The number of aliphatic hydroxyl groups is 1. The molecule has 2 amide bonds. The van der Waals surface area contributed by atoms with Crippen molar-refractivity contribution in [2.24, 2.45) is 5.92 Å². The molecule has 5 nitrogen and oxygen atoms in total. The van der Waals surface area contributed by atoms with Gasteiger partial charge in [0.25, 0.3) is 0 Å². The number of aliphatic hydroxyl groups excluding tert-OH is 1. The lowest BCUT2D eigenvalue weighted by Crippen LogP contribution is -2.35. The lowest BCUT2D eigenvalue weighted by molar-refractivity contribution is -0.132. The highest BCUT2D eigenvalue weighted by atomic mass is 16.3. The largest absolute Gasteiger partial charge is 0.396 e. The maximum atomic E-state index is 12.5. The molecule has 0 aliphatic carbocycles. The normalized spacial score (nSPS) is 19.8. The molecule has 0 bridgehead atoms. The fraction of sp³-hybridized carbons (Fsp3) is 0.600. The third kappa shape index (κ3) is 7.26. The number of amides is 2. The Balaban J connectivity index is 1.83. The van der Waals surface area contributed by atoms with Crippen molar-refractivity contribution in [3.63, 3.8) is 0 Å². The lowest BCUT2D eigenvalue weighted by atomic mass is 10.00. The Morgan fingerprint density at radius 1 is 1.20 bits per heavy atom. The second-order valence-corrected chi connectivity index (χ2v) is 6.80. The van der Waals surface area contributed by atoms with Crippen LogP contribution in [0.15, 0.2) is 30.3 Å². The Morgan fingerprint density at radius 2 is 2.00 bits per heavy atom. The first kappa shape index (κ1) is 19.4. The van der Waals surface area contributed by atoms with Crippen molar-refractivity contribution in [1.82, 2.24) is 10.2 Å². The van der Waals surface area contributed by atoms with Crippen molar-refractivity contribution in [1.29, 1.82) is 0 Å².